The molecule has 12 heteroatoms. The van der Waals surface area contributed by atoms with Crippen molar-refractivity contribution in [1.82, 2.24) is 10.3 Å². The maximum atomic E-state index is 13.3. The van der Waals surface area contributed by atoms with Crippen LogP contribution in [0.1, 0.15) is 25.7 Å². The molecule has 2 N–H and O–H groups in total. The zero-order chi connectivity index (χ0) is 26.4. The highest BCUT2D eigenvalue weighted by atomic mass is 32.2. The van der Waals surface area contributed by atoms with Gasteiger partial charge in [-0.15, -0.1) is 23.1 Å². The zero-order valence-corrected chi connectivity index (χ0v) is 22.3. The standard InChI is InChI=1S/C26H19N5O4S3/c1-35-26-20-8-15(11-30-26)22-9-19-24(37-22)23(16(10-27)12-28-19)21-6-5-17(36-21)13-29-25(32)14-3-2-4-18(7-14)38(33,34)31-20/h2-9,11-12,19,24,31H,13H2,1H3,(H,29,32). The molecule has 2 atom stereocenters. The number of anilines is 1. The van der Waals surface area contributed by atoms with Gasteiger partial charge in [-0.05, 0) is 42.5 Å². The molecule has 0 saturated heterocycles. The molecule has 0 fully saturated rings. The summed E-state index contributed by atoms with van der Waals surface area (Å²) in [5.74, 6) is -0.292. The first-order valence-electron chi connectivity index (χ1n) is 11.5. The van der Waals surface area contributed by atoms with Crippen LogP contribution < -0.4 is 14.8 Å². The molecule has 9 nitrogen and oxygen atoms in total. The Morgan fingerprint density at radius 1 is 1.18 bits per heavy atom. The number of aliphatic imine (C=N–C) groups is 1. The highest BCUT2D eigenvalue weighted by Gasteiger charge is 2.37. The number of hydrogen-bond donors (Lipinski definition) is 2. The number of amides is 1. The van der Waals surface area contributed by atoms with E-state index in [9.17, 15) is 18.5 Å². The molecule has 190 valence electrons. The van der Waals surface area contributed by atoms with Gasteiger partial charge in [0.05, 0.1) is 35.4 Å². The fourth-order valence-corrected chi connectivity index (χ4v) is 8.08. The number of thioether (sulfide) groups is 1. The molecule has 1 amide bonds. The van der Waals surface area contributed by atoms with Crippen LogP contribution in [0.25, 0.3) is 10.5 Å². The van der Waals surface area contributed by atoms with Gasteiger partial charge in [-0.25, -0.2) is 13.4 Å². The van der Waals surface area contributed by atoms with Gasteiger partial charge >= 0.3 is 0 Å². The van der Waals surface area contributed by atoms with E-state index >= 15 is 0 Å². The fourth-order valence-electron chi connectivity index (χ4n) is 4.47. The third kappa shape index (κ3) is 4.28. The molecular weight excluding hydrogens is 543 g/mol. The molecule has 2 aromatic heterocycles. The Balaban J connectivity index is 1.51. The van der Waals surface area contributed by atoms with E-state index in [0.717, 1.165) is 20.2 Å². The molecule has 6 rings (SSSR count). The van der Waals surface area contributed by atoms with Gasteiger partial charge in [0.2, 0.25) is 5.88 Å². The summed E-state index contributed by atoms with van der Waals surface area (Å²) in [5, 5.41) is 12.6. The van der Waals surface area contributed by atoms with Crippen LogP contribution in [0.15, 0.2) is 70.2 Å². The number of ether oxygens (including phenoxy) is 1. The summed E-state index contributed by atoms with van der Waals surface area (Å²) in [6, 6.07) is 13.5. The van der Waals surface area contributed by atoms with Gasteiger partial charge in [0.15, 0.2) is 0 Å². The van der Waals surface area contributed by atoms with Crippen molar-refractivity contribution < 1.29 is 17.9 Å². The second kappa shape index (κ2) is 9.43. The van der Waals surface area contributed by atoms with E-state index in [-0.39, 0.29) is 39.9 Å². The van der Waals surface area contributed by atoms with E-state index in [2.05, 4.69) is 26.1 Å². The predicted octanol–water partition coefficient (Wildman–Crippen LogP) is 4.08. The molecule has 0 aliphatic carbocycles. The molecule has 5 heterocycles. The summed E-state index contributed by atoms with van der Waals surface area (Å²) in [7, 11) is -2.66. The number of carbonyl (C=O) groups excluding carboxylic acids is 1. The minimum Gasteiger partial charge on any atom is -0.480 e. The van der Waals surface area contributed by atoms with Gasteiger partial charge in [0, 0.05) is 43.8 Å². The van der Waals surface area contributed by atoms with Gasteiger partial charge in [-0.1, -0.05) is 6.07 Å². The maximum Gasteiger partial charge on any atom is 0.262 e. The number of nitrogens with one attached hydrogen (secondary N) is 2. The van der Waals surface area contributed by atoms with Crippen LogP contribution in [0, 0.1) is 11.3 Å². The number of benzene rings is 1. The van der Waals surface area contributed by atoms with Gasteiger partial charge in [0.1, 0.15) is 11.8 Å². The van der Waals surface area contributed by atoms with E-state index in [1.807, 2.05) is 18.2 Å². The number of allylic oxidation sites excluding steroid dienone is 1. The van der Waals surface area contributed by atoms with Crippen molar-refractivity contribution in [3.63, 3.8) is 0 Å². The van der Waals surface area contributed by atoms with Crippen molar-refractivity contribution in [2.24, 2.45) is 4.99 Å². The molecule has 0 radical (unpaired) electrons. The summed E-state index contributed by atoms with van der Waals surface area (Å²) >= 11 is 3.06. The second-order valence-electron chi connectivity index (χ2n) is 8.64. The highest BCUT2D eigenvalue weighted by Crippen LogP contribution is 2.49. The summed E-state index contributed by atoms with van der Waals surface area (Å²) in [6.45, 7) is 0.264. The number of sulfonamides is 1. The first kappa shape index (κ1) is 24.4. The number of hydrogen-bond acceptors (Lipinski definition) is 9. The lowest BCUT2D eigenvalue weighted by Crippen LogP contribution is -2.23. The molecule has 8 bridgehead atoms. The molecule has 1 aromatic carbocycles. The number of pyridine rings is 1. The number of thiophene rings is 1. The Bertz CT molecular complexity index is 1730. The van der Waals surface area contributed by atoms with Crippen LogP contribution >= 0.6 is 23.1 Å². The Hall–Kier alpha value is -3.92. The Labute approximate surface area is 227 Å². The highest BCUT2D eigenvalue weighted by molar-refractivity contribution is 8.09. The van der Waals surface area contributed by atoms with Crippen molar-refractivity contribution >= 4 is 61.4 Å². The van der Waals surface area contributed by atoms with Crippen LogP contribution in [0.4, 0.5) is 5.69 Å². The summed E-state index contributed by atoms with van der Waals surface area (Å²) in [4.78, 5) is 24.5. The first-order chi connectivity index (χ1) is 18.4. The number of methoxy groups -OCH3 is 1. The van der Waals surface area contributed by atoms with Crippen molar-refractivity contribution in [2.45, 2.75) is 22.7 Å². The molecule has 0 spiro atoms. The Kier molecular flexibility index (Phi) is 6.06. The van der Waals surface area contributed by atoms with E-state index in [4.69, 9.17) is 4.74 Å². The summed E-state index contributed by atoms with van der Waals surface area (Å²) in [6.07, 6.45) is 5.24. The van der Waals surface area contributed by atoms with E-state index < -0.39 is 15.9 Å². The van der Waals surface area contributed by atoms with Gasteiger partial charge < -0.3 is 10.1 Å². The normalized spacial score (nSPS) is 21.4. The predicted molar refractivity (Wildman–Crippen MR) is 148 cm³/mol. The molecular formula is C26H19N5O4S3. The van der Waals surface area contributed by atoms with Gasteiger partial charge in [-0.3, -0.25) is 14.5 Å². The third-order valence-electron chi connectivity index (χ3n) is 6.29. The molecule has 0 saturated carbocycles. The largest absolute Gasteiger partial charge is 0.480 e. The van der Waals surface area contributed by atoms with Crippen LogP contribution in [-0.2, 0) is 16.6 Å². The molecule has 3 aliphatic heterocycles. The van der Waals surface area contributed by atoms with E-state index in [1.54, 1.807) is 36.3 Å². The molecule has 3 aromatic rings. The van der Waals surface area contributed by atoms with E-state index in [0.29, 0.717) is 11.1 Å². The second-order valence-corrected chi connectivity index (χ2v) is 12.7. The van der Waals surface area contributed by atoms with Crippen molar-refractivity contribution in [3.8, 4) is 11.9 Å². The van der Waals surface area contributed by atoms with Crippen molar-refractivity contribution in [2.75, 3.05) is 11.8 Å². The van der Waals surface area contributed by atoms with E-state index in [1.165, 1.54) is 36.6 Å². The monoisotopic (exact) mass is 561 g/mol. The fraction of sp³-hybridized carbons (Fsp3) is 0.154. The quantitative estimate of drug-likeness (QED) is 0.457. The SMILES string of the molecule is COc1ncc2cc1NS(=O)(=O)c1cccc(c1)C(=O)NCc1ccc(s1)C1=C(C#N)C=NC3C=C2SC13. The molecule has 3 aliphatic rings. The molecule has 38 heavy (non-hydrogen) atoms. The van der Waals surface area contributed by atoms with Gasteiger partial charge in [0.25, 0.3) is 15.9 Å². The van der Waals surface area contributed by atoms with Crippen molar-refractivity contribution in [3.05, 3.63) is 81.2 Å². The lowest BCUT2D eigenvalue weighted by Gasteiger charge is -2.22. The first-order valence-corrected chi connectivity index (χ1v) is 14.6. The zero-order valence-electron chi connectivity index (χ0n) is 19.8. The lowest BCUT2D eigenvalue weighted by molar-refractivity contribution is 0.0951. The summed E-state index contributed by atoms with van der Waals surface area (Å²) < 4.78 is 34.5. The average Bonchev–Trinajstić information content (AvgIpc) is 3.58. The average molecular weight is 562 g/mol. The molecule has 2 unspecified atom stereocenters. The maximum absolute atomic E-state index is 13.3. The number of nitriles is 1. The summed E-state index contributed by atoms with van der Waals surface area (Å²) in [5.41, 5.74) is 2.46. The smallest absolute Gasteiger partial charge is 0.262 e. The van der Waals surface area contributed by atoms with Crippen molar-refractivity contribution in [1.29, 1.82) is 5.26 Å². The van der Waals surface area contributed by atoms with Crippen LogP contribution in [0.5, 0.6) is 5.88 Å². The van der Waals surface area contributed by atoms with Gasteiger partial charge in [-0.2, -0.15) is 5.26 Å². The van der Waals surface area contributed by atoms with Crippen LogP contribution in [0.3, 0.4) is 0 Å². The number of nitrogens with zero attached hydrogens (tertiary/aromatic N) is 3. The Morgan fingerprint density at radius 2 is 2.05 bits per heavy atom. The number of rotatable bonds is 1. The minimum absolute atomic E-state index is 0.0641. The third-order valence-corrected chi connectivity index (χ3v) is 10.2. The number of fused-ring (bicyclic) bond motifs is 9. The Morgan fingerprint density at radius 3 is 2.87 bits per heavy atom. The lowest BCUT2D eigenvalue weighted by atomic mass is 9.96. The number of aromatic nitrogens is 1. The number of carbonyl (C=O) groups is 1. The minimum atomic E-state index is -4.07. The van der Waals surface area contributed by atoms with Crippen LogP contribution in [-0.4, -0.2) is 43.9 Å². The van der Waals surface area contributed by atoms with Crippen LogP contribution in [0.2, 0.25) is 0 Å². The number of dihydropyridines is 1. The topological polar surface area (TPSA) is 134 Å².